The SMILES string of the molecule is CN=C(NCc1cccc(-c2ncn[nH]2)c1)N1CCC(CN2CCOCC2)C1. The van der Waals surface area contributed by atoms with Crippen molar-refractivity contribution in [3.63, 3.8) is 0 Å². The molecule has 0 bridgehead atoms. The van der Waals surface area contributed by atoms with Gasteiger partial charge in [0.25, 0.3) is 0 Å². The van der Waals surface area contributed by atoms with Crippen LogP contribution in [0.1, 0.15) is 12.0 Å². The van der Waals surface area contributed by atoms with E-state index >= 15 is 0 Å². The molecule has 8 heteroatoms. The predicted octanol–water partition coefficient (Wildman–Crippen LogP) is 1.20. The lowest BCUT2D eigenvalue weighted by Crippen LogP contribution is -2.42. The van der Waals surface area contributed by atoms with Crippen molar-refractivity contribution >= 4 is 5.96 Å². The van der Waals surface area contributed by atoms with Crippen molar-refractivity contribution in [1.82, 2.24) is 30.3 Å². The maximum absolute atomic E-state index is 5.46. The number of rotatable bonds is 5. The smallest absolute Gasteiger partial charge is 0.193 e. The van der Waals surface area contributed by atoms with E-state index in [-0.39, 0.29) is 0 Å². The van der Waals surface area contributed by atoms with E-state index in [9.17, 15) is 0 Å². The van der Waals surface area contributed by atoms with E-state index in [1.807, 2.05) is 19.2 Å². The molecule has 28 heavy (non-hydrogen) atoms. The van der Waals surface area contributed by atoms with Crippen molar-refractivity contribution in [2.45, 2.75) is 13.0 Å². The third kappa shape index (κ3) is 4.69. The molecule has 2 saturated heterocycles. The van der Waals surface area contributed by atoms with E-state index < -0.39 is 0 Å². The first-order chi connectivity index (χ1) is 13.8. The van der Waals surface area contributed by atoms with Crippen LogP contribution in [0.15, 0.2) is 35.6 Å². The van der Waals surface area contributed by atoms with Crippen molar-refractivity contribution < 1.29 is 4.74 Å². The summed E-state index contributed by atoms with van der Waals surface area (Å²) >= 11 is 0. The lowest BCUT2D eigenvalue weighted by atomic mass is 10.1. The van der Waals surface area contributed by atoms with Crippen molar-refractivity contribution in [1.29, 1.82) is 0 Å². The van der Waals surface area contributed by atoms with Crippen LogP contribution in [0, 0.1) is 5.92 Å². The molecule has 0 spiro atoms. The van der Waals surface area contributed by atoms with Gasteiger partial charge in [-0.25, -0.2) is 4.98 Å². The molecule has 2 fully saturated rings. The van der Waals surface area contributed by atoms with Crippen LogP contribution in [0.3, 0.4) is 0 Å². The van der Waals surface area contributed by atoms with Gasteiger partial charge in [-0.05, 0) is 24.0 Å². The number of guanidine groups is 1. The van der Waals surface area contributed by atoms with Gasteiger partial charge in [0.2, 0.25) is 0 Å². The first kappa shape index (κ1) is 18.9. The van der Waals surface area contributed by atoms with Gasteiger partial charge in [-0.2, -0.15) is 5.10 Å². The van der Waals surface area contributed by atoms with Gasteiger partial charge in [-0.3, -0.25) is 15.0 Å². The average molecular weight is 384 g/mol. The van der Waals surface area contributed by atoms with Gasteiger partial charge in [0.05, 0.1) is 13.2 Å². The number of aliphatic imine (C=N–C) groups is 1. The lowest BCUT2D eigenvalue weighted by molar-refractivity contribution is 0.0315. The van der Waals surface area contributed by atoms with E-state index in [0.717, 1.165) is 69.8 Å². The lowest BCUT2D eigenvalue weighted by Gasteiger charge is -2.29. The zero-order chi connectivity index (χ0) is 19.2. The molecular formula is C20H29N7O. The fourth-order valence-electron chi connectivity index (χ4n) is 4.01. The standard InChI is InChI=1S/C20H29N7O/c1-21-20(27-6-5-17(14-27)13-26-7-9-28-10-8-26)22-12-16-3-2-4-18(11-16)19-23-15-24-25-19/h2-4,11,15,17H,5-10,12-14H2,1H3,(H,21,22)(H,23,24,25). The number of morpholine rings is 1. The molecule has 1 aromatic carbocycles. The quantitative estimate of drug-likeness (QED) is 0.597. The molecule has 1 aromatic heterocycles. The minimum Gasteiger partial charge on any atom is -0.379 e. The van der Waals surface area contributed by atoms with Gasteiger partial charge < -0.3 is 15.0 Å². The van der Waals surface area contributed by atoms with Gasteiger partial charge in [0.15, 0.2) is 11.8 Å². The average Bonchev–Trinajstić information content (AvgIpc) is 3.42. The largest absolute Gasteiger partial charge is 0.379 e. The molecule has 2 aliphatic rings. The number of aromatic nitrogens is 3. The number of nitrogens with zero attached hydrogens (tertiary/aromatic N) is 5. The first-order valence-electron chi connectivity index (χ1n) is 10.0. The Bertz CT molecular complexity index is 771. The monoisotopic (exact) mass is 383 g/mol. The summed E-state index contributed by atoms with van der Waals surface area (Å²) in [6.45, 7) is 7.88. The third-order valence-corrected chi connectivity index (χ3v) is 5.48. The summed E-state index contributed by atoms with van der Waals surface area (Å²) in [7, 11) is 1.86. The van der Waals surface area contributed by atoms with E-state index in [1.165, 1.54) is 18.3 Å². The molecule has 4 rings (SSSR count). The number of H-pyrrole nitrogens is 1. The summed E-state index contributed by atoms with van der Waals surface area (Å²) in [4.78, 5) is 13.6. The van der Waals surface area contributed by atoms with Crippen LogP contribution in [0.4, 0.5) is 0 Å². The van der Waals surface area contributed by atoms with Crippen LogP contribution in [0.25, 0.3) is 11.4 Å². The number of nitrogens with one attached hydrogen (secondary N) is 2. The molecule has 8 nitrogen and oxygen atoms in total. The summed E-state index contributed by atoms with van der Waals surface area (Å²) < 4.78 is 5.46. The second kappa shape index (κ2) is 9.16. The molecule has 2 N–H and O–H groups in total. The highest BCUT2D eigenvalue weighted by molar-refractivity contribution is 5.80. The summed E-state index contributed by atoms with van der Waals surface area (Å²) in [5.41, 5.74) is 2.23. The number of ether oxygens (including phenoxy) is 1. The molecule has 2 aliphatic heterocycles. The van der Waals surface area contributed by atoms with Crippen LogP contribution in [-0.2, 0) is 11.3 Å². The molecule has 3 heterocycles. The van der Waals surface area contributed by atoms with Gasteiger partial charge in [-0.15, -0.1) is 0 Å². The molecule has 0 radical (unpaired) electrons. The third-order valence-electron chi connectivity index (χ3n) is 5.48. The van der Waals surface area contributed by atoms with E-state index in [2.05, 4.69) is 47.4 Å². The number of hydrogen-bond donors (Lipinski definition) is 2. The topological polar surface area (TPSA) is 81.7 Å². The zero-order valence-electron chi connectivity index (χ0n) is 16.5. The Kier molecular flexibility index (Phi) is 6.18. The van der Waals surface area contributed by atoms with E-state index in [4.69, 9.17) is 4.74 Å². The number of likely N-dealkylation sites (tertiary alicyclic amines) is 1. The highest BCUT2D eigenvalue weighted by Crippen LogP contribution is 2.19. The Hall–Kier alpha value is -2.45. The normalized spacial score (nSPS) is 21.2. The fourth-order valence-corrected chi connectivity index (χ4v) is 4.01. The first-order valence-corrected chi connectivity index (χ1v) is 10.0. The van der Waals surface area contributed by atoms with Gasteiger partial charge in [-0.1, -0.05) is 18.2 Å². The minimum atomic E-state index is 0.700. The molecule has 0 amide bonds. The van der Waals surface area contributed by atoms with Crippen LogP contribution in [0.5, 0.6) is 0 Å². The van der Waals surface area contributed by atoms with Crippen molar-refractivity contribution in [3.05, 3.63) is 36.2 Å². The van der Waals surface area contributed by atoms with Gasteiger partial charge >= 0.3 is 0 Å². The summed E-state index contributed by atoms with van der Waals surface area (Å²) in [6, 6.07) is 8.33. The van der Waals surface area contributed by atoms with Crippen LogP contribution < -0.4 is 5.32 Å². The Morgan fingerprint density at radius 3 is 3.00 bits per heavy atom. The Labute approximate surface area is 166 Å². The van der Waals surface area contributed by atoms with Crippen LogP contribution >= 0.6 is 0 Å². The maximum Gasteiger partial charge on any atom is 0.193 e. The highest BCUT2D eigenvalue weighted by Gasteiger charge is 2.27. The molecule has 2 aromatic rings. The predicted molar refractivity (Wildman–Crippen MR) is 109 cm³/mol. The Morgan fingerprint density at radius 2 is 2.21 bits per heavy atom. The maximum atomic E-state index is 5.46. The molecule has 0 aliphatic carbocycles. The van der Waals surface area contributed by atoms with E-state index in [1.54, 1.807) is 0 Å². The summed E-state index contributed by atoms with van der Waals surface area (Å²) in [5.74, 6) is 2.47. The van der Waals surface area contributed by atoms with E-state index in [0.29, 0.717) is 5.92 Å². The second-order valence-corrected chi connectivity index (χ2v) is 7.45. The van der Waals surface area contributed by atoms with Gasteiger partial charge in [0, 0.05) is 51.9 Å². The van der Waals surface area contributed by atoms with Crippen molar-refractivity contribution in [3.8, 4) is 11.4 Å². The summed E-state index contributed by atoms with van der Waals surface area (Å²) in [6.07, 6.45) is 2.75. The highest BCUT2D eigenvalue weighted by atomic mass is 16.5. The number of hydrogen-bond acceptors (Lipinski definition) is 5. The molecule has 1 atom stereocenters. The second-order valence-electron chi connectivity index (χ2n) is 7.45. The van der Waals surface area contributed by atoms with Crippen LogP contribution in [-0.4, -0.2) is 83.9 Å². The Balaban J connectivity index is 1.30. The Morgan fingerprint density at radius 1 is 1.32 bits per heavy atom. The van der Waals surface area contributed by atoms with Crippen LogP contribution in [0.2, 0.25) is 0 Å². The fraction of sp³-hybridized carbons (Fsp3) is 0.550. The molecule has 150 valence electrons. The summed E-state index contributed by atoms with van der Waals surface area (Å²) in [5, 5.41) is 10.4. The number of benzene rings is 1. The molecular weight excluding hydrogens is 354 g/mol. The zero-order valence-corrected chi connectivity index (χ0v) is 16.5. The minimum absolute atomic E-state index is 0.700. The van der Waals surface area contributed by atoms with Crippen molar-refractivity contribution in [2.24, 2.45) is 10.9 Å². The van der Waals surface area contributed by atoms with Gasteiger partial charge in [0.1, 0.15) is 6.33 Å². The molecule has 1 unspecified atom stereocenters. The van der Waals surface area contributed by atoms with Crippen molar-refractivity contribution in [2.75, 3.05) is 53.0 Å². The number of aromatic amines is 1. The molecule has 0 saturated carbocycles.